The van der Waals surface area contributed by atoms with Crippen LogP contribution in [0, 0.1) is 0 Å². The number of rotatable bonds is 2. The van der Waals surface area contributed by atoms with Gasteiger partial charge in [0, 0.05) is 24.3 Å². The number of amides is 1. The van der Waals surface area contributed by atoms with Gasteiger partial charge in [-0.3, -0.25) is 4.79 Å². The predicted octanol–water partition coefficient (Wildman–Crippen LogP) is 0.323. The Labute approximate surface area is 119 Å². The minimum Gasteiger partial charge on any atom is -0.399 e. The molecule has 0 aliphatic carbocycles. The van der Waals surface area contributed by atoms with Crippen LogP contribution in [0.15, 0.2) is 12.3 Å². The number of carbonyl (C=O) groups excluding carboxylic acids is 1. The maximum atomic E-state index is 12.0. The molecular formula is C13H20BN3O3. The van der Waals surface area contributed by atoms with E-state index in [0.717, 1.165) is 0 Å². The number of nitrogen functional groups attached to an aromatic ring is 1. The van der Waals surface area contributed by atoms with Crippen LogP contribution in [0.1, 0.15) is 38.1 Å². The second kappa shape index (κ2) is 4.75. The van der Waals surface area contributed by atoms with E-state index in [-0.39, 0.29) is 11.7 Å². The Bertz CT molecular complexity index is 530. The lowest BCUT2D eigenvalue weighted by Gasteiger charge is -2.32. The molecule has 1 fully saturated rings. The van der Waals surface area contributed by atoms with Gasteiger partial charge in [-0.1, -0.05) is 0 Å². The molecule has 2 heterocycles. The van der Waals surface area contributed by atoms with Crippen molar-refractivity contribution in [2.75, 3.05) is 12.8 Å². The number of carbonyl (C=O) groups is 1. The van der Waals surface area contributed by atoms with Crippen LogP contribution in [0.2, 0.25) is 0 Å². The van der Waals surface area contributed by atoms with Crippen LogP contribution in [-0.2, 0) is 9.31 Å². The highest BCUT2D eigenvalue weighted by molar-refractivity contribution is 6.63. The van der Waals surface area contributed by atoms with Crippen LogP contribution >= 0.6 is 0 Å². The van der Waals surface area contributed by atoms with E-state index < -0.39 is 18.3 Å². The maximum Gasteiger partial charge on any atom is 0.497 e. The lowest BCUT2D eigenvalue weighted by Crippen LogP contribution is -2.41. The third kappa shape index (κ3) is 2.38. The zero-order valence-electron chi connectivity index (χ0n) is 12.5. The van der Waals surface area contributed by atoms with E-state index in [9.17, 15) is 4.79 Å². The molecule has 0 aromatic carbocycles. The van der Waals surface area contributed by atoms with Gasteiger partial charge in [0.25, 0.3) is 5.91 Å². The summed E-state index contributed by atoms with van der Waals surface area (Å²) in [4.78, 5) is 16.0. The molecule has 1 aromatic heterocycles. The summed E-state index contributed by atoms with van der Waals surface area (Å²) < 4.78 is 11.9. The van der Waals surface area contributed by atoms with Crippen molar-refractivity contribution in [3.8, 4) is 0 Å². The number of nitrogens with one attached hydrogen (secondary N) is 1. The molecule has 0 radical (unpaired) electrons. The van der Waals surface area contributed by atoms with Crippen molar-refractivity contribution in [3.05, 3.63) is 17.8 Å². The summed E-state index contributed by atoms with van der Waals surface area (Å²) in [6.45, 7) is 7.82. The first-order valence-corrected chi connectivity index (χ1v) is 6.51. The minimum atomic E-state index is -0.639. The van der Waals surface area contributed by atoms with E-state index >= 15 is 0 Å². The molecule has 0 bridgehead atoms. The number of aromatic nitrogens is 1. The van der Waals surface area contributed by atoms with E-state index in [0.29, 0.717) is 11.0 Å². The Balaban J connectivity index is 2.42. The number of pyridine rings is 1. The monoisotopic (exact) mass is 277 g/mol. The van der Waals surface area contributed by atoms with Gasteiger partial charge in [0.1, 0.15) is 5.82 Å². The smallest absolute Gasteiger partial charge is 0.399 e. The fourth-order valence-electron chi connectivity index (χ4n) is 1.97. The number of hydrogen-bond donors (Lipinski definition) is 2. The highest BCUT2D eigenvalue weighted by Gasteiger charge is 2.52. The van der Waals surface area contributed by atoms with Gasteiger partial charge in [-0.15, -0.1) is 0 Å². The molecule has 1 aromatic rings. The van der Waals surface area contributed by atoms with Gasteiger partial charge >= 0.3 is 7.12 Å². The molecule has 20 heavy (non-hydrogen) atoms. The topological polar surface area (TPSA) is 86.5 Å². The van der Waals surface area contributed by atoms with Crippen molar-refractivity contribution in [1.82, 2.24) is 10.3 Å². The minimum absolute atomic E-state index is 0.246. The molecule has 0 unspecified atom stereocenters. The van der Waals surface area contributed by atoms with Gasteiger partial charge in [0.2, 0.25) is 0 Å². The Kier molecular flexibility index (Phi) is 3.52. The summed E-state index contributed by atoms with van der Waals surface area (Å²) in [5, 5.41) is 2.58. The number of anilines is 1. The van der Waals surface area contributed by atoms with E-state index in [2.05, 4.69) is 10.3 Å². The molecule has 1 aliphatic rings. The van der Waals surface area contributed by atoms with Gasteiger partial charge in [0.05, 0.1) is 11.2 Å². The largest absolute Gasteiger partial charge is 0.497 e. The molecule has 7 heteroatoms. The van der Waals surface area contributed by atoms with Crippen molar-refractivity contribution < 1.29 is 14.1 Å². The molecule has 0 saturated carbocycles. The summed E-state index contributed by atoms with van der Waals surface area (Å²) in [5.74, 6) is 0.0349. The van der Waals surface area contributed by atoms with Crippen LogP contribution in [0.25, 0.3) is 0 Å². The van der Waals surface area contributed by atoms with Crippen molar-refractivity contribution in [1.29, 1.82) is 0 Å². The third-order valence-electron chi connectivity index (χ3n) is 3.93. The van der Waals surface area contributed by atoms with Crippen molar-refractivity contribution in [3.63, 3.8) is 0 Å². The molecule has 1 aliphatic heterocycles. The van der Waals surface area contributed by atoms with Crippen LogP contribution in [-0.4, -0.2) is 36.3 Å². The molecule has 3 N–H and O–H groups in total. The SMILES string of the molecule is CNC(=O)c1cc(N)ncc1B1OC(C)(C)C(C)(C)O1. The molecule has 2 rings (SSSR count). The number of nitrogens with two attached hydrogens (primary N) is 1. The Morgan fingerprint density at radius 2 is 1.85 bits per heavy atom. The lowest BCUT2D eigenvalue weighted by molar-refractivity contribution is 0.00578. The number of hydrogen-bond acceptors (Lipinski definition) is 5. The van der Waals surface area contributed by atoms with Crippen molar-refractivity contribution in [2.45, 2.75) is 38.9 Å². The third-order valence-corrected chi connectivity index (χ3v) is 3.93. The average molecular weight is 277 g/mol. The van der Waals surface area contributed by atoms with Crippen LogP contribution in [0.3, 0.4) is 0 Å². The Morgan fingerprint density at radius 1 is 1.30 bits per heavy atom. The van der Waals surface area contributed by atoms with Crippen LogP contribution in [0.4, 0.5) is 5.82 Å². The van der Waals surface area contributed by atoms with Gasteiger partial charge in [-0.2, -0.15) is 0 Å². The Morgan fingerprint density at radius 3 is 2.35 bits per heavy atom. The van der Waals surface area contributed by atoms with E-state index in [4.69, 9.17) is 15.0 Å². The molecule has 0 atom stereocenters. The second-order valence-electron chi connectivity index (χ2n) is 5.86. The molecule has 0 spiro atoms. The summed E-state index contributed by atoms with van der Waals surface area (Å²) >= 11 is 0. The predicted molar refractivity (Wildman–Crippen MR) is 77.8 cm³/mol. The van der Waals surface area contributed by atoms with Gasteiger partial charge in [-0.05, 0) is 33.8 Å². The fraction of sp³-hybridized carbons (Fsp3) is 0.538. The molecule has 1 saturated heterocycles. The summed E-state index contributed by atoms with van der Waals surface area (Å²) in [6, 6.07) is 1.53. The zero-order valence-corrected chi connectivity index (χ0v) is 12.5. The summed E-state index contributed by atoms with van der Waals surface area (Å²) in [6.07, 6.45) is 1.53. The quantitative estimate of drug-likeness (QED) is 0.760. The van der Waals surface area contributed by atoms with E-state index in [1.54, 1.807) is 7.05 Å². The first kappa shape index (κ1) is 14.8. The highest BCUT2D eigenvalue weighted by atomic mass is 16.7. The normalized spacial score (nSPS) is 19.9. The first-order chi connectivity index (χ1) is 9.18. The van der Waals surface area contributed by atoms with Gasteiger partial charge in [0.15, 0.2) is 0 Å². The van der Waals surface area contributed by atoms with E-state index in [1.807, 2.05) is 27.7 Å². The first-order valence-electron chi connectivity index (χ1n) is 6.51. The van der Waals surface area contributed by atoms with Gasteiger partial charge < -0.3 is 20.4 Å². The lowest BCUT2D eigenvalue weighted by atomic mass is 9.77. The molecule has 1 amide bonds. The maximum absolute atomic E-state index is 12.0. The van der Waals surface area contributed by atoms with Gasteiger partial charge in [-0.25, -0.2) is 4.98 Å². The molecule has 108 valence electrons. The van der Waals surface area contributed by atoms with Crippen LogP contribution in [0.5, 0.6) is 0 Å². The highest BCUT2D eigenvalue weighted by Crippen LogP contribution is 2.36. The summed E-state index contributed by atoms with van der Waals surface area (Å²) in [5.41, 5.74) is 5.70. The fourth-order valence-corrected chi connectivity index (χ4v) is 1.97. The zero-order chi connectivity index (χ0) is 15.1. The van der Waals surface area contributed by atoms with Crippen molar-refractivity contribution in [2.24, 2.45) is 0 Å². The van der Waals surface area contributed by atoms with Crippen LogP contribution < -0.4 is 16.5 Å². The molecule has 6 nitrogen and oxygen atoms in total. The number of nitrogens with zero attached hydrogens (tertiary/aromatic N) is 1. The van der Waals surface area contributed by atoms with E-state index in [1.165, 1.54) is 12.3 Å². The Hall–Kier alpha value is -1.60. The standard InChI is InChI=1S/C13H20BN3O3/c1-12(2)13(3,4)20-14(19-12)9-7-17-10(15)6-8(9)11(18)16-5/h6-7H,1-5H3,(H2,15,17)(H,16,18). The average Bonchev–Trinajstić information content (AvgIpc) is 2.57. The summed E-state index contributed by atoms with van der Waals surface area (Å²) in [7, 11) is 0.924. The van der Waals surface area contributed by atoms with Crippen molar-refractivity contribution >= 4 is 24.3 Å². The molecular weight excluding hydrogens is 257 g/mol. The second-order valence-corrected chi connectivity index (χ2v) is 5.86.